The molecule has 1 aromatic carbocycles. The van der Waals surface area contributed by atoms with Crippen molar-refractivity contribution in [3.05, 3.63) is 35.4 Å². The van der Waals surface area contributed by atoms with Gasteiger partial charge < -0.3 is 10.2 Å². The van der Waals surface area contributed by atoms with Gasteiger partial charge in [0, 0.05) is 19.5 Å². The molecule has 0 bridgehead atoms. The second-order valence-electron chi connectivity index (χ2n) is 5.04. The highest BCUT2D eigenvalue weighted by molar-refractivity contribution is 5.88. The first-order chi connectivity index (χ1) is 9.08. The van der Waals surface area contributed by atoms with E-state index < -0.39 is 0 Å². The summed E-state index contributed by atoms with van der Waals surface area (Å²) in [6, 6.07) is 7.86. The van der Waals surface area contributed by atoms with Crippen LogP contribution in [0.4, 0.5) is 0 Å². The maximum Gasteiger partial charge on any atom is 0.242 e. The first kappa shape index (κ1) is 13.6. The molecule has 4 heteroatoms. The zero-order valence-electron chi connectivity index (χ0n) is 11.5. The molecule has 1 N–H and O–H groups in total. The van der Waals surface area contributed by atoms with Gasteiger partial charge in [0.1, 0.15) is 6.04 Å². The Kier molecular flexibility index (Phi) is 4.20. The quantitative estimate of drug-likeness (QED) is 0.890. The average molecular weight is 260 g/mol. The molecule has 2 amide bonds. The van der Waals surface area contributed by atoms with Crippen molar-refractivity contribution >= 4 is 11.8 Å². The molecule has 1 fully saturated rings. The average Bonchev–Trinajstić information content (AvgIpc) is 2.41. The lowest BCUT2D eigenvalue weighted by Crippen LogP contribution is -2.55. The summed E-state index contributed by atoms with van der Waals surface area (Å²) >= 11 is 0. The molecule has 102 valence electrons. The lowest BCUT2D eigenvalue weighted by Gasteiger charge is -2.32. The standard InChI is InChI=1S/C15H20N2O2/c1-11-3-5-13(6-4-11)7-8-14(18)17-10-9-16-15(19)12(17)2/h3-6,12H,7-10H2,1-2H3,(H,16,19). The molecule has 0 aliphatic carbocycles. The highest BCUT2D eigenvalue weighted by Crippen LogP contribution is 2.10. The van der Waals surface area contributed by atoms with Crippen molar-refractivity contribution in [1.82, 2.24) is 10.2 Å². The summed E-state index contributed by atoms with van der Waals surface area (Å²) < 4.78 is 0. The van der Waals surface area contributed by atoms with E-state index in [1.54, 1.807) is 11.8 Å². The largest absolute Gasteiger partial charge is 0.353 e. The fraction of sp³-hybridized carbons (Fsp3) is 0.467. The minimum absolute atomic E-state index is 0.0583. The second-order valence-corrected chi connectivity index (χ2v) is 5.04. The smallest absolute Gasteiger partial charge is 0.242 e. The van der Waals surface area contributed by atoms with Crippen LogP contribution in [0.2, 0.25) is 0 Å². The first-order valence-corrected chi connectivity index (χ1v) is 6.70. The van der Waals surface area contributed by atoms with Gasteiger partial charge in [-0.15, -0.1) is 0 Å². The van der Waals surface area contributed by atoms with Crippen LogP contribution in [0.3, 0.4) is 0 Å². The van der Waals surface area contributed by atoms with Crippen LogP contribution in [0.25, 0.3) is 0 Å². The minimum Gasteiger partial charge on any atom is -0.353 e. The number of aryl methyl sites for hydroxylation is 2. The lowest BCUT2D eigenvalue weighted by molar-refractivity contribution is -0.142. The number of amides is 2. The molecule has 1 saturated heterocycles. The Labute approximate surface area is 113 Å². The molecule has 0 saturated carbocycles. The SMILES string of the molecule is Cc1ccc(CCC(=O)N2CCNC(=O)C2C)cc1. The van der Waals surface area contributed by atoms with Crippen molar-refractivity contribution in [3.8, 4) is 0 Å². The van der Waals surface area contributed by atoms with Gasteiger partial charge in [-0.2, -0.15) is 0 Å². The van der Waals surface area contributed by atoms with Crippen molar-refractivity contribution in [1.29, 1.82) is 0 Å². The van der Waals surface area contributed by atoms with Crippen LogP contribution in [0.1, 0.15) is 24.5 Å². The normalized spacial score (nSPS) is 19.2. The van der Waals surface area contributed by atoms with Crippen LogP contribution < -0.4 is 5.32 Å². The maximum atomic E-state index is 12.1. The van der Waals surface area contributed by atoms with Crippen molar-refractivity contribution in [3.63, 3.8) is 0 Å². The van der Waals surface area contributed by atoms with Gasteiger partial charge in [0.15, 0.2) is 0 Å². The summed E-state index contributed by atoms with van der Waals surface area (Å²) in [4.78, 5) is 25.3. The van der Waals surface area contributed by atoms with Gasteiger partial charge in [-0.25, -0.2) is 0 Å². The summed E-state index contributed by atoms with van der Waals surface area (Å²) in [6.07, 6.45) is 1.19. The Bertz CT molecular complexity index is 468. The van der Waals surface area contributed by atoms with Gasteiger partial charge in [0.05, 0.1) is 0 Å². The Balaban J connectivity index is 1.90. The molecular weight excluding hydrogens is 240 g/mol. The van der Waals surface area contributed by atoms with Gasteiger partial charge in [-0.05, 0) is 25.8 Å². The molecule has 2 rings (SSSR count). The Morgan fingerprint density at radius 3 is 2.74 bits per heavy atom. The summed E-state index contributed by atoms with van der Waals surface area (Å²) in [7, 11) is 0. The van der Waals surface area contributed by atoms with Crippen LogP contribution in [0.15, 0.2) is 24.3 Å². The number of carbonyl (C=O) groups excluding carboxylic acids is 2. The van der Waals surface area contributed by atoms with Crippen molar-refractivity contribution in [2.45, 2.75) is 32.7 Å². The van der Waals surface area contributed by atoms with Crippen LogP contribution in [-0.4, -0.2) is 35.8 Å². The number of hydrogen-bond donors (Lipinski definition) is 1. The number of nitrogens with one attached hydrogen (secondary N) is 1. The van der Waals surface area contributed by atoms with E-state index in [9.17, 15) is 9.59 Å². The van der Waals surface area contributed by atoms with Gasteiger partial charge in [0.25, 0.3) is 0 Å². The predicted octanol–water partition coefficient (Wildman–Crippen LogP) is 1.27. The minimum atomic E-state index is -0.348. The number of benzene rings is 1. The number of rotatable bonds is 3. The van der Waals surface area contributed by atoms with E-state index in [0.717, 1.165) is 12.0 Å². The molecule has 19 heavy (non-hydrogen) atoms. The van der Waals surface area contributed by atoms with Crippen LogP contribution in [-0.2, 0) is 16.0 Å². The Morgan fingerprint density at radius 1 is 1.37 bits per heavy atom. The van der Waals surface area contributed by atoms with Crippen LogP contribution in [0.5, 0.6) is 0 Å². The molecule has 0 radical (unpaired) electrons. The van der Waals surface area contributed by atoms with Crippen LogP contribution in [0, 0.1) is 6.92 Å². The number of hydrogen-bond acceptors (Lipinski definition) is 2. The van der Waals surface area contributed by atoms with E-state index in [-0.39, 0.29) is 17.9 Å². The monoisotopic (exact) mass is 260 g/mol. The predicted molar refractivity (Wildman–Crippen MR) is 73.7 cm³/mol. The first-order valence-electron chi connectivity index (χ1n) is 6.70. The van der Waals surface area contributed by atoms with Gasteiger partial charge in [0.2, 0.25) is 11.8 Å². The molecule has 1 aliphatic heterocycles. The van der Waals surface area contributed by atoms with Crippen molar-refractivity contribution in [2.24, 2.45) is 0 Å². The zero-order valence-corrected chi connectivity index (χ0v) is 11.5. The van der Waals surface area contributed by atoms with E-state index in [2.05, 4.69) is 29.6 Å². The topological polar surface area (TPSA) is 49.4 Å². The van der Waals surface area contributed by atoms with E-state index >= 15 is 0 Å². The zero-order chi connectivity index (χ0) is 13.8. The molecule has 0 aromatic heterocycles. The summed E-state index contributed by atoms with van der Waals surface area (Å²) in [5.74, 6) is -0.00198. The Morgan fingerprint density at radius 2 is 2.05 bits per heavy atom. The lowest BCUT2D eigenvalue weighted by atomic mass is 10.1. The van der Waals surface area contributed by atoms with Gasteiger partial charge >= 0.3 is 0 Å². The molecule has 1 heterocycles. The molecule has 1 aliphatic rings. The van der Waals surface area contributed by atoms with E-state index in [1.165, 1.54) is 5.56 Å². The van der Waals surface area contributed by atoms with Crippen molar-refractivity contribution < 1.29 is 9.59 Å². The summed E-state index contributed by atoms with van der Waals surface area (Å²) in [6.45, 7) is 4.99. The third-order valence-corrected chi connectivity index (χ3v) is 3.57. The highest BCUT2D eigenvalue weighted by atomic mass is 16.2. The van der Waals surface area contributed by atoms with Gasteiger partial charge in [-0.1, -0.05) is 29.8 Å². The van der Waals surface area contributed by atoms with E-state index in [1.807, 2.05) is 6.92 Å². The summed E-state index contributed by atoms with van der Waals surface area (Å²) in [5, 5.41) is 2.76. The Hall–Kier alpha value is -1.84. The summed E-state index contributed by atoms with van der Waals surface area (Å²) in [5.41, 5.74) is 2.38. The second kappa shape index (κ2) is 5.87. The van der Waals surface area contributed by atoms with E-state index in [4.69, 9.17) is 0 Å². The van der Waals surface area contributed by atoms with Crippen molar-refractivity contribution in [2.75, 3.05) is 13.1 Å². The molecule has 1 aromatic rings. The molecule has 0 spiro atoms. The fourth-order valence-electron chi connectivity index (χ4n) is 2.27. The fourth-order valence-corrected chi connectivity index (χ4v) is 2.27. The van der Waals surface area contributed by atoms with Crippen LogP contribution >= 0.6 is 0 Å². The molecule has 1 unspecified atom stereocenters. The number of piperazine rings is 1. The molecular formula is C15H20N2O2. The third kappa shape index (κ3) is 3.34. The van der Waals surface area contributed by atoms with E-state index in [0.29, 0.717) is 19.5 Å². The number of carbonyl (C=O) groups is 2. The molecule has 4 nitrogen and oxygen atoms in total. The number of nitrogens with zero attached hydrogens (tertiary/aromatic N) is 1. The van der Waals surface area contributed by atoms with Gasteiger partial charge in [-0.3, -0.25) is 9.59 Å². The molecule has 1 atom stereocenters. The maximum absolute atomic E-state index is 12.1. The third-order valence-electron chi connectivity index (χ3n) is 3.57. The highest BCUT2D eigenvalue weighted by Gasteiger charge is 2.28.